The zero-order valence-corrected chi connectivity index (χ0v) is 47.8. The summed E-state index contributed by atoms with van der Waals surface area (Å²) in [5.41, 5.74) is 0. The number of ether oxygens (including phenoxy) is 1. The summed E-state index contributed by atoms with van der Waals surface area (Å²) in [7, 11) is 1.48. The minimum Gasteiger partial charge on any atom is -0.456 e. The summed E-state index contributed by atoms with van der Waals surface area (Å²) < 4.78 is 30.6. The lowest BCUT2D eigenvalue weighted by Gasteiger charge is -2.27. The average Bonchev–Trinajstić information content (AvgIpc) is 3.33. The van der Waals surface area contributed by atoms with Gasteiger partial charge in [0.05, 0.1) is 33.8 Å². The van der Waals surface area contributed by atoms with E-state index in [-0.39, 0.29) is 31.5 Å². The summed E-state index contributed by atoms with van der Waals surface area (Å²) in [6, 6.07) is -0.855. The van der Waals surface area contributed by atoms with Crippen LogP contribution >= 0.6 is 7.82 Å². The second-order valence-electron chi connectivity index (χ2n) is 20.8. The number of unbranched alkanes of at least 4 members (excludes halogenated alkanes) is 26. The number of hydrogen-bond donors (Lipinski definition) is 2. The van der Waals surface area contributed by atoms with E-state index in [1.165, 1.54) is 109 Å². The zero-order valence-electron chi connectivity index (χ0n) is 47.0. The van der Waals surface area contributed by atoms with E-state index in [4.69, 9.17) is 13.8 Å². The molecule has 0 saturated carbocycles. The molecular formula is C61H112N2O7P+. The maximum atomic E-state index is 13.5. The SMILES string of the molecule is CC/C=C\C/C=C\C/C=C\C/C=C\C/C=C\CCCCCCCC(=O)OC(/C=C\CCCCCCCCCCCCC)C(COP(=O)(O)OCC[N+](C)(C)C)NC(=O)CCCCCCCCCCCCC. The molecule has 0 aromatic carbocycles. The molecule has 2 N–H and O–H groups in total. The number of hydrogen-bond acceptors (Lipinski definition) is 6. The van der Waals surface area contributed by atoms with Crippen molar-refractivity contribution in [2.24, 2.45) is 0 Å². The van der Waals surface area contributed by atoms with Gasteiger partial charge in [0.2, 0.25) is 5.91 Å². The minimum absolute atomic E-state index is 0.0355. The van der Waals surface area contributed by atoms with Gasteiger partial charge in [-0.25, -0.2) is 4.57 Å². The van der Waals surface area contributed by atoms with Crippen molar-refractivity contribution in [3.05, 3.63) is 72.9 Å². The molecule has 0 fully saturated rings. The number of amides is 1. The van der Waals surface area contributed by atoms with E-state index in [2.05, 4.69) is 86.8 Å². The van der Waals surface area contributed by atoms with Crippen LogP contribution in [0.1, 0.15) is 252 Å². The molecule has 3 unspecified atom stereocenters. The van der Waals surface area contributed by atoms with E-state index >= 15 is 0 Å². The third kappa shape index (κ3) is 52.1. The number of phosphoric ester groups is 1. The molecule has 9 nitrogen and oxygen atoms in total. The molecule has 1 amide bonds. The number of phosphoric acid groups is 1. The van der Waals surface area contributed by atoms with E-state index in [0.29, 0.717) is 23.9 Å². The van der Waals surface area contributed by atoms with Crippen LogP contribution in [0.4, 0.5) is 0 Å². The maximum absolute atomic E-state index is 13.5. The second-order valence-corrected chi connectivity index (χ2v) is 22.2. The Balaban J connectivity index is 5.32. The predicted octanol–water partition coefficient (Wildman–Crippen LogP) is 17.7. The number of carbonyl (C=O) groups excluding carboxylic acids is 2. The van der Waals surface area contributed by atoms with Gasteiger partial charge in [0.1, 0.15) is 19.3 Å². The van der Waals surface area contributed by atoms with Crippen LogP contribution in [-0.2, 0) is 27.9 Å². The summed E-state index contributed by atoms with van der Waals surface area (Å²) in [6.45, 7) is 6.88. The fourth-order valence-corrected chi connectivity index (χ4v) is 8.88. The number of esters is 1. The first-order valence-corrected chi connectivity index (χ1v) is 30.8. The summed E-state index contributed by atoms with van der Waals surface area (Å²) in [4.78, 5) is 37.6. The first-order chi connectivity index (χ1) is 34.4. The van der Waals surface area contributed by atoms with Gasteiger partial charge in [-0.15, -0.1) is 0 Å². The normalized spacial score (nSPS) is 14.3. The molecule has 10 heteroatoms. The standard InChI is InChI=1S/C61H111N2O7P/c1-7-10-13-16-19-22-25-27-28-29-30-31-32-33-34-36-39-42-45-48-51-54-61(65)70-59(52-49-46-43-40-38-35-26-23-20-17-14-11-8-2)58(57-69-71(66,67)68-56-55-63(4,5)6)62-60(64)53-50-47-44-41-37-24-21-18-15-12-9-3/h10,13,19,22,27-28,30-31,33-34,49,52,58-59H,7-9,11-12,14-18,20-21,23-26,29,32,35-48,50-51,53-57H2,1-6H3,(H-,62,64,66,67)/p+1/b13-10-,22-19-,28-27-,31-30-,34-33-,52-49-. The van der Waals surface area contributed by atoms with Gasteiger partial charge in [-0.1, -0.05) is 235 Å². The first kappa shape index (κ1) is 68.5. The Bertz CT molecular complexity index is 1450. The molecule has 0 aliphatic rings. The van der Waals surface area contributed by atoms with Crippen molar-refractivity contribution in [1.82, 2.24) is 5.32 Å². The van der Waals surface area contributed by atoms with Crippen molar-refractivity contribution in [1.29, 1.82) is 0 Å². The molecule has 0 aliphatic heterocycles. The minimum atomic E-state index is -4.45. The summed E-state index contributed by atoms with van der Waals surface area (Å²) in [6.07, 6.45) is 64.6. The molecule has 0 aromatic rings. The van der Waals surface area contributed by atoms with Crippen LogP contribution < -0.4 is 5.32 Å². The van der Waals surface area contributed by atoms with Crippen molar-refractivity contribution in [2.75, 3.05) is 40.9 Å². The average molecular weight is 1020 g/mol. The van der Waals surface area contributed by atoms with Crippen LogP contribution in [-0.4, -0.2) is 74.3 Å². The number of rotatable bonds is 52. The smallest absolute Gasteiger partial charge is 0.456 e. The highest BCUT2D eigenvalue weighted by atomic mass is 31.2. The number of quaternary nitrogens is 1. The molecule has 71 heavy (non-hydrogen) atoms. The summed E-state index contributed by atoms with van der Waals surface area (Å²) >= 11 is 0. The Morgan fingerprint density at radius 2 is 0.901 bits per heavy atom. The predicted molar refractivity (Wildman–Crippen MR) is 305 cm³/mol. The van der Waals surface area contributed by atoms with Gasteiger partial charge >= 0.3 is 13.8 Å². The molecule has 0 aliphatic carbocycles. The van der Waals surface area contributed by atoms with Crippen LogP contribution in [0.2, 0.25) is 0 Å². The third-order valence-electron chi connectivity index (χ3n) is 12.7. The highest BCUT2D eigenvalue weighted by Gasteiger charge is 2.30. The van der Waals surface area contributed by atoms with Crippen molar-refractivity contribution >= 4 is 19.7 Å². The van der Waals surface area contributed by atoms with E-state index < -0.39 is 20.0 Å². The molecule has 0 rings (SSSR count). The van der Waals surface area contributed by atoms with E-state index in [1.807, 2.05) is 33.3 Å². The fraction of sp³-hybridized carbons (Fsp3) is 0.770. The Labute approximate surface area is 438 Å². The zero-order chi connectivity index (χ0) is 52.2. The lowest BCUT2D eigenvalue weighted by atomic mass is 10.0. The molecule has 0 bridgehead atoms. The first-order valence-electron chi connectivity index (χ1n) is 29.3. The molecule has 0 saturated heterocycles. The van der Waals surface area contributed by atoms with Gasteiger partial charge < -0.3 is 19.4 Å². The quantitative estimate of drug-likeness (QED) is 0.0205. The number of carbonyl (C=O) groups is 2. The van der Waals surface area contributed by atoms with Crippen molar-refractivity contribution < 1.29 is 37.3 Å². The molecule has 0 spiro atoms. The van der Waals surface area contributed by atoms with Crippen LogP contribution in [0, 0.1) is 0 Å². The van der Waals surface area contributed by atoms with Crippen LogP contribution in [0.25, 0.3) is 0 Å². The number of nitrogens with one attached hydrogen (secondary N) is 1. The van der Waals surface area contributed by atoms with Crippen molar-refractivity contribution in [3.63, 3.8) is 0 Å². The van der Waals surface area contributed by atoms with Gasteiger partial charge in [-0.2, -0.15) is 0 Å². The van der Waals surface area contributed by atoms with Gasteiger partial charge in [0, 0.05) is 12.8 Å². The van der Waals surface area contributed by atoms with Crippen LogP contribution in [0.3, 0.4) is 0 Å². The molecule has 412 valence electrons. The topological polar surface area (TPSA) is 111 Å². The molecular weight excluding hydrogens is 904 g/mol. The van der Waals surface area contributed by atoms with Gasteiger partial charge in [0.25, 0.3) is 0 Å². The van der Waals surface area contributed by atoms with E-state index in [1.54, 1.807) is 0 Å². The molecule has 0 radical (unpaired) electrons. The summed E-state index contributed by atoms with van der Waals surface area (Å²) in [5, 5.41) is 3.04. The Kier molecular flexibility index (Phi) is 49.1. The molecule has 0 aromatic heterocycles. The Morgan fingerprint density at radius 3 is 1.35 bits per heavy atom. The largest absolute Gasteiger partial charge is 0.472 e. The lowest BCUT2D eigenvalue weighted by Crippen LogP contribution is -2.47. The lowest BCUT2D eigenvalue weighted by molar-refractivity contribution is -0.870. The monoisotopic (exact) mass is 1020 g/mol. The number of nitrogens with zero attached hydrogens (tertiary/aromatic N) is 1. The van der Waals surface area contributed by atoms with Gasteiger partial charge in [-0.05, 0) is 76.7 Å². The van der Waals surface area contributed by atoms with E-state index in [0.717, 1.165) is 103 Å². The number of likely N-dealkylation sites (N-methyl/N-ethyl adjacent to an activating group) is 1. The summed E-state index contributed by atoms with van der Waals surface area (Å²) in [5.74, 6) is -0.526. The van der Waals surface area contributed by atoms with Gasteiger partial charge in [0.15, 0.2) is 0 Å². The van der Waals surface area contributed by atoms with Gasteiger partial charge in [-0.3, -0.25) is 18.6 Å². The fourth-order valence-electron chi connectivity index (χ4n) is 8.14. The maximum Gasteiger partial charge on any atom is 0.472 e. The highest BCUT2D eigenvalue weighted by molar-refractivity contribution is 7.47. The van der Waals surface area contributed by atoms with Crippen LogP contribution in [0.5, 0.6) is 0 Å². The Hall–Kier alpha value is -2.55. The van der Waals surface area contributed by atoms with Crippen LogP contribution in [0.15, 0.2) is 72.9 Å². The third-order valence-corrected chi connectivity index (χ3v) is 13.6. The Morgan fingerprint density at radius 1 is 0.507 bits per heavy atom. The van der Waals surface area contributed by atoms with E-state index in [9.17, 15) is 19.0 Å². The van der Waals surface area contributed by atoms with Crippen molar-refractivity contribution in [2.45, 2.75) is 264 Å². The second kappa shape index (κ2) is 51.0. The van der Waals surface area contributed by atoms with Crippen molar-refractivity contribution in [3.8, 4) is 0 Å². The number of allylic oxidation sites excluding steroid dienone is 11. The molecule has 3 atom stereocenters. The highest BCUT2D eigenvalue weighted by Crippen LogP contribution is 2.43. The molecule has 0 heterocycles.